The van der Waals surface area contributed by atoms with E-state index in [9.17, 15) is 13.2 Å². The molecular weight excluding hydrogens is 240 g/mol. The zero-order chi connectivity index (χ0) is 12.3. The Kier molecular flexibility index (Phi) is 3.91. The first-order valence-electron chi connectivity index (χ1n) is 6.33. The van der Waals surface area contributed by atoms with Gasteiger partial charge in [-0.25, -0.2) is 13.2 Å². The average molecular weight is 260 g/mol. The molecule has 1 saturated heterocycles. The highest BCUT2D eigenvalue weighted by molar-refractivity contribution is 7.91. The summed E-state index contributed by atoms with van der Waals surface area (Å²) >= 11 is 0. The van der Waals surface area contributed by atoms with E-state index in [0.29, 0.717) is 6.42 Å². The lowest BCUT2D eigenvalue weighted by atomic mass is 10.2. The molecule has 0 radical (unpaired) electrons. The maximum atomic E-state index is 11.7. The Balaban J connectivity index is 1.77. The number of sulfone groups is 1. The van der Waals surface area contributed by atoms with Crippen LogP contribution in [0.15, 0.2) is 0 Å². The van der Waals surface area contributed by atoms with E-state index < -0.39 is 9.84 Å². The summed E-state index contributed by atoms with van der Waals surface area (Å²) in [5.74, 6) is 0.348. The van der Waals surface area contributed by atoms with Crippen molar-refractivity contribution in [2.75, 3.05) is 11.5 Å². The Bertz CT molecular complexity index is 374. The van der Waals surface area contributed by atoms with Crippen molar-refractivity contribution in [2.24, 2.45) is 0 Å². The smallest absolute Gasteiger partial charge is 0.315 e. The summed E-state index contributed by atoms with van der Waals surface area (Å²) in [6.07, 6.45) is 5.83. The molecule has 2 fully saturated rings. The molecule has 1 aliphatic carbocycles. The molecule has 0 aromatic rings. The molecule has 0 aromatic heterocycles. The third-order valence-electron chi connectivity index (χ3n) is 3.49. The molecule has 0 bridgehead atoms. The molecule has 2 rings (SSSR count). The lowest BCUT2D eigenvalue weighted by Gasteiger charge is -2.24. The maximum absolute atomic E-state index is 11.7. The van der Waals surface area contributed by atoms with Crippen LogP contribution in [0.25, 0.3) is 0 Å². The van der Waals surface area contributed by atoms with E-state index in [0.717, 1.165) is 19.3 Å². The number of nitrogens with one attached hydrogen (secondary N) is 2. The molecule has 17 heavy (non-hydrogen) atoms. The molecule has 5 nitrogen and oxygen atoms in total. The maximum Gasteiger partial charge on any atom is 0.315 e. The van der Waals surface area contributed by atoms with E-state index in [4.69, 9.17) is 0 Å². The minimum absolute atomic E-state index is 0.0884. The fourth-order valence-corrected chi connectivity index (χ4v) is 4.26. The minimum atomic E-state index is -2.95. The molecular formula is C11H20N2O3S. The van der Waals surface area contributed by atoms with E-state index in [1.165, 1.54) is 12.8 Å². The highest BCUT2D eigenvalue weighted by atomic mass is 32.2. The Hall–Kier alpha value is -0.780. The van der Waals surface area contributed by atoms with Crippen molar-refractivity contribution < 1.29 is 13.2 Å². The standard InChI is InChI=1S/C11H20N2O3S/c14-11(12-9-4-1-2-5-9)13-10-6-3-7-17(15,16)8-10/h9-10H,1-8H2,(H2,12,13,14). The van der Waals surface area contributed by atoms with Gasteiger partial charge in [0.2, 0.25) is 0 Å². The average Bonchev–Trinajstić information content (AvgIpc) is 2.68. The molecule has 2 amide bonds. The van der Waals surface area contributed by atoms with Gasteiger partial charge in [0.15, 0.2) is 9.84 Å². The second-order valence-electron chi connectivity index (χ2n) is 5.05. The minimum Gasteiger partial charge on any atom is -0.335 e. The molecule has 2 N–H and O–H groups in total. The zero-order valence-corrected chi connectivity index (χ0v) is 10.8. The molecule has 1 saturated carbocycles. The summed E-state index contributed by atoms with van der Waals surface area (Å²) in [4.78, 5) is 11.7. The summed E-state index contributed by atoms with van der Waals surface area (Å²) in [5.41, 5.74) is 0. The SMILES string of the molecule is O=C(NC1CCCC1)NC1CCCS(=O)(=O)C1. The molecule has 1 atom stereocenters. The van der Waals surface area contributed by atoms with Crippen LogP contribution in [0.1, 0.15) is 38.5 Å². The second kappa shape index (κ2) is 5.25. The Morgan fingerprint density at radius 3 is 2.18 bits per heavy atom. The van der Waals surface area contributed by atoms with Crippen LogP contribution in [-0.2, 0) is 9.84 Å². The van der Waals surface area contributed by atoms with Crippen molar-refractivity contribution in [3.63, 3.8) is 0 Å². The molecule has 6 heteroatoms. The number of amides is 2. The van der Waals surface area contributed by atoms with E-state index in [2.05, 4.69) is 10.6 Å². The number of carbonyl (C=O) groups is 1. The predicted octanol–water partition coefficient (Wildman–Crippen LogP) is 0.805. The second-order valence-corrected chi connectivity index (χ2v) is 7.28. The van der Waals surface area contributed by atoms with Crippen LogP contribution in [0, 0.1) is 0 Å². The van der Waals surface area contributed by atoms with Gasteiger partial charge in [-0.2, -0.15) is 0 Å². The van der Waals surface area contributed by atoms with Crippen LogP contribution in [0.4, 0.5) is 4.79 Å². The normalized spacial score (nSPS) is 28.8. The molecule has 1 unspecified atom stereocenters. The number of carbonyl (C=O) groups excluding carboxylic acids is 1. The van der Waals surface area contributed by atoms with Crippen molar-refractivity contribution in [2.45, 2.75) is 50.6 Å². The number of urea groups is 1. The van der Waals surface area contributed by atoms with Gasteiger partial charge in [-0.1, -0.05) is 12.8 Å². The quantitative estimate of drug-likeness (QED) is 0.771. The summed E-state index contributed by atoms with van der Waals surface area (Å²) in [7, 11) is -2.95. The van der Waals surface area contributed by atoms with Gasteiger partial charge in [0.05, 0.1) is 11.5 Å². The van der Waals surface area contributed by atoms with Crippen molar-refractivity contribution in [1.82, 2.24) is 10.6 Å². The largest absolute Gasteiger partial charge is 0.335 e. The van der Waals surface area contributed by atoms with Gasteiger partial charge in [0.1, 0.15) is 0 Å². The van der Waals surface area contributed by atoms with Gasteiger partial charge in [-0.15, -0.1) is 0 Å². The summed E-state index contributed by atoms with van der Waals surface area (Å²) in [6.45, 7) is 0. The van der Waals surface area contributed by atoms with Crippen LogP contribution < -0.4 is 10.6 Å². The monoisotopic (exact) mass is 260 g/mol. The lowest BCUT2D eigenvalue weighted by Crippen LogP contribution is -2.49. The zero-order valence-electron chi connectivity index (χ0n) is 9.94. The van der Waals surface area contributed by atoms with E-state index in [-0.39, 0.29) is 29.6 Å². The third kappa shape index (κ3) is 3.87. The highest BCUT2D eigenvalue weighted by Crippen LogP contribution is 2.17. The molecule has 0 aromatic carbocycles. The van der Waals surface area contributed by atoms with Gasteiger partial charge < -0.3 is 10.6 Å². The van der Waals surface area contributed by atoms with Crippen molar-refractivity contribution in [3.05, 3.63) is 0 Å². The first-order chi connectivity index (χ1) is 8.05. The third-order valence-corrected chi connectivity index (χ3v) is 5.31. The van der Waals surface area contributed by atoms with Gasteiger partial charge in [0.25, 0.3) is 0 Å². The fraction of sp³-hybridized carbons (Fsp3) is 0.909. The molecule has 2 aliphatic rings. The fourth-order valence-electron chi connectivity index (χ4n) is 2.62. The first kappa shape index (κ1) is 12.7. The van der Waals surface area contributed by atoms with Gasteiger partial charge in [-0.05, 0) is 25.7 Å². The molecule has 0 spiro atoms. The van der Waals surface area contributed by atoms with E-state index in [1.54, 1.807) is 0 Å². The van der Waals surface area contributed by atoms with Crippen molar-refractivity contribution in [1.29, 1.82) is 0 Å². The number of hydrogen-bond donors (Lipinski definition) is 2. The van der Waals surface area contributed by atoms with E-state index >= 15 is 0 Å². The summed E-state index contributed by atoms with van der Waals surface area (Å²) in [5, 5.41) is 5.68. The summed E-state index contributed by atoms with van der Waals surface area (Å²) < 4.78 is 22.8. The lowest BCUT2D eigenvalue weighted by molar-refractivity contribution is 0.233. The Morgan fingerprint density at radius 2 is 1.53 bits per heavy atom. The Labute approximate surface area is 102 Å². The van der Waals surface area contributed by atoms with Crippen LogP contribution in [0.5, 0.6) is 0 Å². The Morgan fingerprint density at radius 1 is 0.941 bits per heavy atom. The predicted molar refractivity (Wildman–Crippen MR) is 65.6 cm³/mol. The number of hydrogen-bond acceptors (Lipinski definition) is 3. The molecule has 1 aliphatic heterocycles. The summed E-state index contributed by atoms with van der Waals surface area (Å²) in [6, 6.07) is -0.149. The molecule has 1 heterocycles. The topological polar surface area (TPSA) is 75.3 Å². The van der Waals surface area contributed by atoms with Crippen molar-refractivity contribution >= 4 is 15.9 Å². The van der Waals surface area contributed by atoms with E-state index in [1.807, 2.05) is 0 Å². The number of rotatable bonds is 2. The first-order valence-corrected chi connectivity index (χ1v) is 8.15. The van der Waals surface area contributed by atoms with Crippen LogP contribution in [0.2, 0.25) is 0 Å². The van der Waals surface area contributed by atoms with Gasteiger partial charge in [0, 0.05) is 12.1 Å². The van der Waals surface area contributed by atoms with Gasteiger partial charge >= 0.3 is 6.03 Å². The molecule has 98 valence electrons. The van der Waals surface area contributed by atoms with Gasteiger partial charge in [-0.3, -0.25) is 0 Å². The van der Waals surface area contributed by atoms with Crippen LogP contribution in [0.3, 0.4) is 0 Å². The van der Waals surface area contributed by atoms with Crippen LogP contribution in [-0.4, -0.2) is 38.0 Å². The van der Waals surface area contributed by atoms with Crippen molar-refractivity contribution in [3.8, 4) is 0 Å². The van der Waals surface area contributed by atoms with Crippen LogP contribution >= 0.6 is 0 Å². The highest BCUT2D eigenvalue weighted by Gasteiger charge is 2.26.